The Bertz CT molecular complexity index is 764. The maximum absolute atomic E-state index is 13.0. The summed E-state index contributed by atoms with van der Waals surface area (Å²) in [5.41, 5.74) is 3.95. The van der Waals surface area contributed by atoms with Crippen molar-refractivity contribution in [3.63, 3.8) is 0 Å². The topological polar surface area (TPSA) is 69.6 Å². The van der Waals surface area contributed by atoms with Crippen LogP contribution < -0.4 is 5.32 Å². The number of aliphatic carboxylic acids is 1. The molecule has 5 heteroatoms. The number of carbonyl (C=O) groups is 2. The van der Waals surface area contributed by atoms with Crippen LogP contribution in [-0.2, 0) is 16.0 Å². The lowest BCUT2D eigenvalue weighted by atomic mass is 9.81. The van der Waals surface area contributed by atoms with Gasteiger partial charge < -0.3 is 15.3 Å². The van der Waals surface area contributed by atoms with Crippen molar-refractivity contribution in [2.24, 2.45) is 11.3 Å². The van der Waals surface area contributed by atoms with Gasteiger partial charge >= 0.3 is 5.97 Å². The van der Waals surface area contributed by atoms with Crippen LogP contribution in [0.5, 0.6) is 0 Å². The summed E-state index contributed by atoms with van der Waals surface area (Å²) in [6.45, 7) is 4.12. The third-order valence-electron chi connectivity index (χ3n) is 6.55. The Morgan fingerprint density at radius 3 is 2.56 bits per heavy atom. The van der Waals surface area contributed by atoms with Gasteiger partial charge in [-0.25, -0.2) is 0 Å². The first-order valence-corrected chi connectivity index (χ1v) is 10.0. The summed E-state index contributed by atoms with van der Waals surface area (Å²) < 4.78 is 0. The average molecular weight is 368 g/mol. The predicted octanol–water partition coefficient (Wildman–Crippen LogP) is 2.71. The molecule has 2 fully saturated rings. The number of amides is 1. The van der Waals surface area contributed by atoms with E-state index in [1.807, 2.05) is 4.90 Å². The molecule has 1 amide bonds. The lowest BCUT2D eigenvalue weighted by molar-refractivity contribution is -0.150. The Labute approximate surface area is 160 Å². The summed E-state index contributed by atoms with van der Waals surface area (Å²) in [4.78, 5) is 26.5. The predicted molar refractivity (Wildman–Crippen MR) is 104 cm³/mol. The van der Waals surface area contributed by atoms with Gasteiger partial charge in [-0.1, -0.05) is 37.3 Å². The van der Waals surface area contributed by atoms with E-state index in [0.29, 0.717) is 19.5 Å². The van der Waals surface area contributed by atoms with E-state index >= 15 is 0 Å². The van der Waals surface area contributed by atoms with Crippen LogP contribution in [0.1, 0.15) is 43.7 Å². The SMILES string of the molecule is CCc1ccc(C2=CCN(C(=O)C3NCC4(CC4)CC3C(=O)O)CC2)cc1. The van der Waals surface area contributed by atoms with Crippen LogP contribution in [0.4, 0.5) is 0 Å². The number of piperidine rings is 1. The van der Waals surface area contributed by atoms with E-state index in [1.165, 1.54) is 16.7 Å². The van der Waals surface area contributed by atoms with Crippen molar-refractivity contribution < 1.29 is 14.7 Å². The third kappa shape index (κ3) is 3.65. The monoisotopic (exact) mass is 368 g/mol. The highest BCUT2D eigenvalue weighted by atomic mass is 16.4. The molecular weight excluding hydrogens is 340 g/mol. The van der Waals surface area contributed by atoms with Crippen molar-refractivity contribution in [1.29, 1.82) is 0 Å². The van der Waals surface area contributed by atoms with Gasteiger partial charge in [0.1, 0.15) is 6.04 Å². The number of carboxylic acid groups (broad SMARTS) is 1. The molecule has 1 aliphatic carbocycles. The highest BCUT2D eigenvalue weighted by Crippen LogP contribution is 2.52. The molecule has 2 heterocycles. The van der Waals surface area contributed by atoms with Gasteiger partial charge in [0, 0.05) is 19.6 Å². The van der Waals surface area contributed by atoms with Crippen molar-refractivity contribution >= 4 is 17.4 Å². The normalized spacial score (nSPS) is 26.6. The molecule has 144 valence electrons. The van der Waals surface area contributed by atoms with Crippen molar-refractivity contribution in [1.82, 2.24) is 10.2 Å². The second kappa shape index (κ2) is 7.12. The summed E-state index contributed by atoms with van der Waals surface area (Å²) in [6, 6.07) is 8.03. The van der Waals surface area contributed by atoms with Gasteiger partial charge in [-0.15, -0.1) is 0 Å². The fraction of sp³-hybridized carbons (Fsp3) is 0.545. The zero-order chi connectivity index (χ0) is 19.0. The van der Waals surface area contributed by atoms with E-state index in [-0.39, 0.29) is 11.3 Å². The van der Waals surface area contributed by atoms with Crippen molar-refractivity contribution in [3.05, 3.63) is 41.5 Å². The van der Waals surface area contributed by atoms with Gasteiger partial charge in [-0.3, -0.25) is 9.59 Å². The minimum Gasteiger partial charge on any atom is -0.481 e. The van der Waals surface area contributed by atoms with Gasteiger partial charge in [-0.05, 0) is 54.2 Å². The molecule has 2 N–H and O–H groups in total. The second-order valence-corrected chi connectivity index (χ2v) is 8.32. The first kappa shape index (κ1) is 18.2. The Kier molecular flexibility index (Phi) is 4.81. The molecule has 1 saturated heterocycles. The second-order valence-electron chi connectivity index (χ2n) is 8.32. The molecule has 3 aliphatic rings. The molecule has 0 bridgehead atoms. The highest BCUT2D eigenvalue weighted by Gasteiger charge is 2.52. The number of rotatable bonds is 4. The van der Waals surface area contributed by atoms with Crippen molar-refractivity contribution in [2.75, 3.05) is 19.6 Å². The first-order valence-electron chi connectivity index (χ1n) is 10.0. The summed E-state index contributed by atoms with van der Waals surface area (Å²) in [6.07, 6.45) is 6.75. The lowest BCUT2D eigenvalue weighted by Gasteiger charge is -2.38. The molecule has 5 nitrogen and oxygen atoms in total. The Hall–Kier alpha value is -2.14. The number of hydrogen-bond acceptors (Lipinski definition) is 3. The van der Waals surface area contributed by atoms with Crippen LogP contribution in [0.3, 0.4) is 0 Å². The molecule has 27 heavy (non-hydrogen) atoms. The maximum atomic E-state index is 13.0. The van der Waals surface area contributed by atoms with Crippen LogP contribution in [0.25, 0.3) is 5.57 Å². The molecule has 1 spiro atoms. The molecule has 1 aromatic carbocycles. The summed E-state index contributed by atoms with van der Waals surface area (Å²) in [7, 11) is 0. The summed E-state index contributed by atoms with van der Waals surface area (Å²) >= 11 is 0. The van der Waals surface area contributed by atoms with E-state index in [2.05, 4.69) is 42.6 Å². The van der Waals surface area contributed by atoms with Gasteiger partial charge in [0.2, 0.25) is 5.91 Å². The molecule has 1 aromatic rings. The van der Waals surface area contributed by atoms with E-state index in [0.717, 1.165) is 32.2 Å². The molecule has 1 saturated carbocycles. The molecule has 0 aromatic heterocycles. The molecule has 2 aliphatic heterocycles. The van der Waals surface area contributed by atoms with Crippen LogP contribution >= 0.6 is 0 Å². The molecule has 2 unspecified atom stereocenters. The van der Waals surface area contributed by atoms with Gasteiger partial charge in [0.15, 0.2) is 0 Å². The number of carbonyl (C=O) groups excluding carboxylic acids is 1. The van der Waals surface area contributed by atoms with Crippen molar-refractivity contribution in [3.8, 4) is 0 Å². The number of benzene rings is 1. The smallest absolute Gasteiger partial charge is 0.308 e. The van der Waals surface area contributed by atoms with Crippen LogP contribution in [-0.4, -0.2) is 47.6 Å². The number of nitrogens with zero attached hydrogens (tertiary/aromatic N) is 1. The molecule has 4 rings (SSSR count). The fourth-order valence-corrected chi connectivity index (χ4v) is 4.45. The molecule has 2 atom stereocenters. The van der Waals surface area contributed by atoms with Gasteiger partial charge in [0.05, 0.1) is 5.92 Å². The Morgan fingerprint density at radius 2 is 2.00 bits per heavy atom. The zero-order valence-corrected chi connectivity index (χ0v) is 15.9. The lowest BCUT2D eigenvalue weighted by Crippen LogP contribution is -2.57. The van der Waals surface area contributed by atoms with Crippen LogP contribution in [0.15, 0.2) is 30.3 Å². The Balaban J connectivity index is 1.42. The zero-order valence-electron chi connectivity index (χ0n) is 15.9. The number of aryl methyl sites for hydroxylation is 1. The van der Waals surface area contributed by atoms with Gasteiger partial charge in [-0.2, -0.15) is 0 Å². The first-order chi connectivity index (χ1) is 13.0. The quantitative estimate of drug-likeness (QED) is 0.857. The highest BCUT2D eigenvalue weighted by molar-refractivity contribution is 5.88. The minimum atomic E-state index is -0.851. The Morgan fingerprint density at radius 1 is 1.26 bits per heavy atom. The summed E-state index contributed by atoms with van der Waals surface area (Å²) in [5, 5.41) is 12.9. The third-order valence-corrected chi connectivity index (χ3v) is 6.55. The fourth-order valence-electron chi connectivity index (χ4n) is 4.45. The maximum Gasteiger partial charge on any atom is 0.308 e. The number of carboxylic acids is 1. The minimum absolute atomic E-state index is 0.0606. The number of hydrogen-bond donors (Lipinski definition) is 2. The van der Waals surface area contributed by atoms with Crippen LogP contribution in [0, 0.1) is 11.3 Å². The van der Waals surface area contributed by atoms with E-state index in [9.17, 15) is 14.7 Å². The molecule has 0 radical (unpaired) electrons. The molecular formula is C22H28N2O3. The standard InChI is InChI=1S/C22H28N2O3/c1-2-15-3-5-16(6-4-15)17-7-11-24(12-8-17)20(25)19-18(21(26)27)13-22(9-10-22)14-23-19/h3-7,18-19,23H,2,8-14H2,1H3,(H,26,27). The average Bonchev–Trinajstić information content (AvgIpc) is 3.46. The van der Waals surface area contributed by atoms with E-state index in [1.54, 1.807) is 0 Å². The largest absolute Gasteiger partial charge is 0.481 e. The van der Waals surface area contributed by atoms with Crippen LogP contribution in [0.2, 0.25) is 0 Å². The van der Waals surface area contributed by atoms with E-state index < -0.39 is 17.9 Å². The number of nitrogens with one attached hydrogen (secondary N) is 1. The van der Waals surface area contributed by atoms with Crippen molar-refractivity contribution in [2.45, 2.75) is 45.1 Å². The summed E-state index contributed by atoms with van der Waals surface area (Å²) in [5.74, 6) is -1.52. The van der Waals surface area contributed by atoms with Gasteiger partial charge in [0.25, 0.3) is 0 Å². The van der Waals surface area contributed by atoms with E-state index in [4.69, 9.17) is 0 Å².